The van der Waals surface area contributed by atoms with Crippen LogP contribution in [0.3, 0.4) is 0 Å². The number of halogens is 1. The lowest BCUT2D eigenvalue weighted by Crippen LogP contribution is -2.44. The molecule has 3 atom stereocenters. The van der Waals surface area contributed by atoms with Crippen LogP contribution in [0.1, 0.15) is 27.4 Å². The minimum Gasteiger partial charge on any atom is -0.351 e. The van der Waals surface area contributed by atoms with Crippen molar-refractivity contribution >= 4 is 39.9 Å². The van der Waals surface area contributed by atoms with Crippen molar-refractivity contribution in [3.63, 3.8) is 0 Å². The zero-order chi connectivity index (χ0) is 24.9. The molecule has 4 nitrogen and oxygen atoms in total. The van der Waals surface area contributed by atoms with Crippen LogP contribution < -0.4 is 4.90 Å². The summed E-state index contributed by atoms with van der Waals surface area (Å²) in [5, 5.41) is 23.8. The highest BCUT2D eigenvalue weighted by Crippen LogP contribution is 2.56. The third-order valence-corrected chi connectivity index (χ3v) is 7.72. The smallest absolute Gasteiger partial charge is 0.185 e. The number of rotatable bonds is 3. The van der Waals surface area contributed by atoms with Gasteiger partial charge in [-0.15, -0.1) is 0 Å². The predicted octanol–water partition coefficient (Wildman–Crippen LogP) is 6.78. The van der Waals surface area contributed by atoms with Gasteiger partial charge in [0.15, 0.2) is 11.2 Å². The normalized spacial score (nSPS) is 21.3. The Labute approximate surface area is 214 Å². The SMILES string of the molecule is N#CC1(C#N)[C@H](c2cccc3ccccc23)[C@@H](C(=O)c2ccc(Cl)cc2)N2c3ccccc3C=C[C@H]21. The van der Waals surface area contributed by atoms with Crippen LogP contribution in [0.4, 0.5) is 5.69 Å². The van der Waals surface area contributed by atoms with Gasteiger partial charge >= 0.3 is 0 Å². The molecule has 0 aromatic heterocycles. The maximum absolute atomic E-state index is 14.3. The predicted molar refractivity (Wildman–Crippen MR) is 142 cm³/mol. The molecule has 6 rings (SSSR count). The first-order chi connectivity index (χ1) is 17.6. The molecule has 1 fully saturated rings. The monoisotopic (exact) mass is 485 g/mol. The summed E-state index contributed by atoms with van der Waals surface area (Å²) < 4.78 is 0. The van der Waals surface area contributed by atoms with E-state index >= 15 is 0 Å². The van der Waals surface area contributed by atoms with Gasteiger partial charge in [0.25, 0.3) is 0 Å². The second kappa shape index (κ2) is 8.38. The average Bonchev–Trinajstić information content (AvgIpc) is 3.23. The van der Waals surface area contributed by atoms with E-state index in [0.29, 0.717) is 10.6 Å². The Bertz CT molecular complexity index is 1610. The van der Waals surface area contributed by atoms with Crippen LogP contribution in [0.2, 0.25) is 5.02 Å². The lowest BCUT2D eigenvalue weighted by atomic mass is 9.68. The molecule has 36 heavy (non-hydrogen) atoms. The number of fused-ring (bicyclic) bond motifs is 4. The van der Waals surface area contributed by atoms with Crippen molar-refractivity contribution in [2.45, 2.75) is 18.0 Å². The summed E-state index contributed by atoms with van der Waals surface area (Å²) in [4.78, 5) is 16.3. The molecular weight excluding hydrogens is 466 g/mol. The summed E-state index contributed by atoms with van der Waals surface area (Å²) in [5.41, 5.74) is 1.62. The van der Waals surface area contributed by atoms with E-state index in [1.54, 1.807) is 24.3 Å². The maximum Gasteiger partial charge on any atom is 0.185 e. The van der Waals surface area contributed by atoms with Gasteiger partial charge in [-0.3, -0.25) is 4.79 Å². The Hall–Kier alpha value is -4.38. The second-order valence-corrected chi connectivity index (χ2v) is 9.66. The Morgan fingerprint density at radius 3 is 2.33 bits per heavy atom. The molecule has 0 aliphatic carbocycles. The summed E-state index contributed by atoms with van der Waals surface area (Å²) in [5.74, 6) is -0.838. The van der Waals surface area contributed by atoms with Crippen LogP contribution in [-0.2, 0) is 0 Å². The summed E-state index contributed by atoms with van der Waals surface area (Å²) in [6, 6.07) is 31.8. The van der Waals surface area contributed by atoms with E-state index in [4.69, 9.17) is 11.6 Å². The molecule has 2 heterocycles. The molecule has 0 radical (unpaired) electrons. The number of carbonyl (C=O) groups is 1. The van der Waals surface area contributed by atoms with Crippen molar-refractivity contribution in [3.05, 3.63) is 119 Å². The van der Waals surface area contributed by atoms with E-state index in [1.165, 1.54) is 0 Å². The van der Waals surface area contributed by atoms with Crippen LogP contribution in [0, 0.1) is 28.1 Å². The van der Waals surface area contributed by atoms with Gasteiger partial charge in [-0.05, 0) is 52.2 Å². The zero-order valence-corrected chi connectivity index (χ0v) is 19.9. The Balaban J connectivity index is 1.67. The van der Waals surface area contributed by atoms with Gasteiger partial charge in [0.05, 0.1) is 18.2 Å². The molecule has 0 unspecified atom stereocenters. The van der Waals surface area contributed by atoms with E-state index in [2.05, 4.69) is 12.1 Å². The van der Waals surface area contributed by atoms with E-state index in [9.17, 15) is 15.3 Å². The van der Waals surface area contributed by atoms with Gasteiger partial charge in [-0.1, -0.05) is 84.4 Å². The van der Waals surface area contributed by atoms with Crippen LogP contribution in [0.25, 0.3) is 16.8 Å². The number of anilines is 1. The number of nitriles is 2. The fourth-order valence-electron chi connectivity index (χ4n) is 5.88. The van der Waals surface area contributed by atoms with E-state index in [1.807, 2.05) is 83.8 Å². The lowest BCUT2D eigenvalue weighted by Gasteiger charge is -2.35. The van der Waals surface area contributed by atoms with Crippen molar-refractivity contribution in [1.29, 1.82) is 10.5 Å². The van der Waals surface area contributed by atoms with E-state index in [0.717, 1.165) is 27.6 Å². The van der Waals surface area contributed by atoms with E-state index in [-0.39, 0.29) is 5.78 Å². The quantitative estimate of drug-likeness (QED) is 0.300. The second-order valence-electron chi connectivity index (χ2n) is 9.22. The van der Waals surface area contributed by atoms with Crippen molar-refractivity contribution in [2.75, 3.05) is 4.90 Å². The van der Waals surface area contributed by atoms with Gasteiger partial charge in [0.2, 0.25) is 0 Å². The van der Waals surface area contributed by atoms with Crippen LogP contribution in [0.5, 0.6) is 0 Å². The molecule has 5 heteroatoms. The molecule has 0 spiro atoms. The molecule has 4 aromatic carbocycles. The molecule has 1 saturated heterocycles. The van der Waals surface area contributed by atoms with Crippen molar-refractivity contribution in [1.82, 2.24) is 0 Å². The Morgan fingerprint density at radius 2 is 1.56 bits per heavy atom. The highest BCUT2D eigenvalue weighted by Gasteiger charge is 2.63. The summed E-state index contributed by atoms with van der Waals surface area (Å²) in [7, 11) is 0. The fraction of sp³-hybridized carbons (Fsp3) is 0.129. The van der Waals surface area contributed by atoms with Crippen molar-refractivity contribution in [3.8, 4) is 12.1 Å². The van der Waals surface area contributed by atoms with E-state index < -0.39 is 23.4 Å². The number of ketones is 1. The fourth-order valence-corrected chi connectivity index (χ4v) is 6.01. The number of carbonyl (C=O) groups excluding carboxylic acids is 1. The van der Waals surface area contributed by atoms with Gasteiger partial charge < -0.3 is 4.90 Å². The molecule has 2 aliphatic rings. The minimum absolute atomic E-state index is 0.146. The molecule has 0 saturated carbocycles. The summed E-state index contributed by atoms with van der Waals surface area (Å²) >= 11 is 6.12. The number of nitrogens with zero attached hydrogens (tertiary/aromatic N) is 3. The number of para-hydroxylation sites is 1. The largest absolute Gasteiger partial charge is 0.351 e. The van der Waals surface area contributed by atoms with Gasteiger partial charge in [-0.25, -0.2) is 0 Å². The van der Waals surface area contributed by atoms with Gasteiger partial charge in [0, 0.05) is 22.2 Å². The van der Waals surface area contributed by atoms with Gasteiger partial charge in [0.1, 0.15) is 6.04 Å². The van der Waals surface area contributed by atoms with Crippen LogP contribution in [0.15, 0.2) is 97.1 Å². The molecule has 0 amide bonds. The summed E-state index contributed by atoms with van der Waals surface area (Å²) in [6.07, 6.45) is 3.86. The number of hydrogen-bond acceptors (Lipinski definition) is 4. The molecule has 0 N–H and O–H groups in total. The highest BCUT2D eigenvalue weighted by atomic mass is 35.5. The standard InChI is InChI=1S/C31H20ClN3O/c32-23-15-12-22(13-16-23)30(36)29-28(25-10-5-8-20-6-1-3-9-24(20)25)31(18-33,19-34)27-17-14-21-7-2-4-11-26(21)35(27)29/h1-17,27-29H/t27-,28+,29-/m0/s1. The molecule has 0 bridgehead atoms. The highest BCUT2D eigenvalue weighted by molar-refractivity contribution is 6.30. The molecule has 172 valence electrons. The Morgan fingerprint density at radius 1 is 0.861 bits per heavy atom. The zero-order valence-electron chi connectivity index (χ0n) is 19.2. The van der Waals surface area contributed by atoms with Crippen molar-refractivity contribution < 1.29 is 4.79 Å². The first-order valence-corrected chi connectivity index (χ1v) is 12.1. The third-order valence-electron chi connectivity index (χ3n) is 7.47. The van der Waals surface area contributed by atoms with Crippen molar-refractivity contribution in [2.24, 2.45) is 5.41 Å². The minimum atomic E-state index is -1.49. The first kappa shape index (κ1) is 22.1. The average molecular weight is 486 g/mol. The Kier molecular flexibility index (Phi) is 5.15. The number of benzene rings is 4. The summed E-state index contributed by atoms with van der Waals surface area (Å²) in [6.45, 7) is 0. The maximum atomic E-state index is 14.3. The molecule has 2 aliphatic heterocycles. The number of hydrogen-bond donors (Lipinski definition) is 0. The first-order valence-electron chi connectivity index (χ1n) is 11.7. The molecular formula is C31H20ClN3O. The van der Waals surface area contributed by atoms with Crippen LogP contribution >= 0.6 is 11.6 Å². The number of Topliss-reactive ketones (excluding diaryl/α,β-unsaturated/α-hetero) is 1. The topological polar surface area (TPSA) is 67.9 Å². The van der Waals surface area contributed by atoms with Crippen LogP contribution in [-0.4, -0.2) is 17.9 Å². The third kappa shape index (κ3) is 3.09. The molecule has 4 aromatic rings. The van der Waals surface area contributed by atoms with Gasteiger partial charge in [-0.2, -0.15) is 10.5 Å². The lowest BCUT2D eigenvalue weighted by molar-refractivity contribution is 0.0951.